The Balaban J connectivity index is 1.55. The molecule has 0 bridgehead atoms. The molecule has 0 amide bonds. The van der Waals surface area contributed by atoms with Crippen LogP contribution in [0.3, 0.4) is 0 Å². The molecular formula is C30H14. The van der Waals surface area contributed by atoms with Crippen molar-refractivity contribution in [2.24, 2.45) is 0 Å². The molecule has 0 saturated heterocycles. The van der Waals surface area contributed by atoms with Gasteiger partial charge >= 0.3 is 0 Å². The molecule has 9 aromatic carbocycles. The normalized spacial score (nSPS) is 13.3. The first-order chi connectivity index (χ1) is 14.9. The lowest BCUT2D eigenvalue weighted by atomic mass is 9.77. The van der Waals surface area contributed by atoms with Gasteiger partial charge in [-0.3, -0.25) is 0 Å². The van der Waals surface area contributed by atoms with Crippen LogP contribution in [-0.4, -0.2) is 0 Å². The molecule has 30 heavy (non-hydrogen) atoms. The quantitative estimate of drug-likeness (QED) is 0.249. The summed E-state index contributed by atoms with van der Waals surface area (Å²) in [6, 6.07) is 31.7. The highest BCUT2D eigenvalue weighted by Gasteiger charge is 2.25. The molecule has 0 N–H and O–H groups in total. The van der Waals surface area contributed by atoms with E-state index in [1.807, 2.05) is 0 Å². The van der Waals surface area contributed by atoms with Crippen LogP contribution in [0.25, 0.3) is 86.2 Å². The summed E-state index contributed by atoms with van der Waals surface area (Å²) >= 11 is 0. The smallest absolute Gasteiger partial charge is 0.000718 e. The van der Waals surface area contributed by atoms with Gasteiger partial charge in [-0.05, 0) is 86.2 Å². The van der Waals surface area contributed by atoms with Gasteiger partial charge in [0.1, 0.15) is 0 Å². The maximum Gasteiger partial charge on any atom is -0.000718 e. The van der Waals surface area contributed by atoms with Crippen molar-refractivity contribution in [1.29, 1.82) is 0 Å². The van der Waals surface area contributed by atoms with E-state index in [0.717, 1.165) is 0 Å². The largest absolute Gasteiger partial charge is 0.0616 e. The Morgan fingerprint density at radius 2 is 0.433 bits per heavy atom. The predicted molar refractivity (Wildman–Crippen MR) is 131 cm³/mol. The summed E-state index contributed by atoms with van der Waals surface area (Å²) < 4.78 is 0. The summed E-state index contributed by atoms with van der Waals surface area (Å²) in [7, 11) is 0. The lowest BCUT2D eigenvalue weighted by Crippen LogP contribution is -1.96. The molecule has 0 radical (unpaired) electrons. The summed E-state index contributed by atoms with van der Waals surface area (Å²) in [5, 5.41) is 23.0. The van der Waals surface area contributed by atoms with E-state index in [1.54, 1.807) is 0 Å². The van der Waals surface area contributed by atoms with Crippen molar-refractivity contribution in [3.63, 3.8) is 0 Å². The number of fused-ring (bicyclic) bond motifs is 19. The van der Waals surface area contributed by atoms with Gasteiger partial charge < -0.3 is 0 Å². The number of rotatable bonds is 0. The Kier molecular flexibility index (Phi) is 2.04. The summed E-state index contributed by atoms with van der Waals surface area (Å²) in [6.45, 7) is 0. The highest BCUT2D eigenvalue weighted by atomic mass is 14.3. The molecule has 0 aromatic heterocycles. The van der Waals surface area contributed by atoms with E-state index >= 15 is 0 Å². The van der Waals surface area contributed by atoms with Gasteiger partial charge in [0.25, 0.3) is 0 Å². The second-order valence-electron chi connectivity index (χ2n) is 8.82. The standard InChI is InChI=1S/C30H14/c1-3-7-17-15(5-1)19-9-11-21-23-13-14-24-22-12-10-20-16-6-2-4-8-18(16)26(20)28(22)30(24)29(23)27(21)25(17)19/h1-14H. The first kappa shape index (κ1) is 14.1. The van der Waals surface area contributed by atoms with Gasteiger partial charge in [-0.1, -0.05) is 84.9 Å². The fourth-order valence-corrected chi connectivity index (χ4v) is 6.37. The van der Waals surface area contributed by atoms with Crippen molar-refractivity contribution >= 4 is 86.2 Å². The molecule has 0 spiro atoms. The fraction of sp³-hybridized carbons (Fsp3) is 0. The number of hydrogen-bond donors (Lipinski definition) is 0. The van der Waals surface area contributed by atoms with Crippen molar-refractivity contribution in [2.45, 2.75) is 0 Å². The molecule has 0 atom stereocenters. The maximum atomic E-state index is 2.34. The first-order valence-electron chi connectivity index (χ1n) is 10.6. The molecule has 0 aliphatic rings. The van der Waals surface area contributed by atoms with Crippen LogP contribution in [0.2, 0.25) is 0 Å². The minimum atomic E-state index is 1.40. The second kappa shape index (κ2) is 4.32. The number of hydrogen-bond acceptors (Lipinski definition) is 0. The first-order valence-corrected chi connectivity index (χ1v) is 10.6. The summed E-state index contributed by atoms with van der Waals surface area (Å²) in [5.74, 6) is 0. The van der Waals surface area contributed by atoms with Crippen LogP contribution in [0.5, 0.6) is 0 Å². The van der Waals surface area contributed by atoms with Crippen LogP contribution in [0, 0.1) is 0 Å². The average molecular weight is 374 g/mol. The average Bonchev–Trinajstić information content (AvgIpc) is 2.76. The third kappa shape index (κ3) is 1.26. The molecular weight excluding hydrogens is 360 g/mol. The molecule has 0 nitrogen and oxygen atoms in total. The molecule has 0 aliphatic heterocycles. The van der Waals surface area contributed by atoms with Crippen LogP contribution in [0.1, 0.15) is 0 Å². The minimum Gasteiger partial charge on any atom is -0.0616 e. The zero-order chi connectivity index (χ0) is 19.1. The Morgan fingerprint density at radius 3 is 0.800 bits per heavy atom. The van der Waals surface area contributed by atoms with Gasteiger partial charge in [0.2, 0.25) is 0 Å². The summed E-state index contributed by atoms with van der Waals surface area (Å²) in [6.07, 6.45) is 0. The lowest BCUT2D eigenvalue weighted by molar-refractivity contribution is 1.80. The Morgan fingerprint density at radius 1 is 0.200 bits per heavy atom. The van der Waals surface area contributed by atoms with E-state index < -0.39 is 0 Å². The van der Waals surface area contributed by atoms with E-state index in [9.17, 15) is 0 Å². The molecule has 134 valence electrons. The summed E-state index contributed by atoms with van der Waals surface area (Å²) in [4.78, 5) is 0. The maximum absolute atomic E-state index is 2.34. The molecule has 0 unspecified atom stereocenters. The Labute approximate surface area is 171 Å². The van der Waals surface area contributed by atoms with Crippen molar-refractivity contribution in [3.8, 4) is 0 Å². The van der Waals surface area contributed by atoms with Crippen molar-refractivity contribution in [1.82, 2.24) is 0 Å². The van der Waals surface area contributed by atoms with Crippen molar-refractivity contribution < 1.29 is 0 Å². The van der Waals surface area contributed by atoms with E-state index in [1.165, 1.54) is 86.2 Å². The van der Waals surface area contributed by atoms with Gasteiger partial charge in [-0.15, -0.1) is 0 Å². The zero-order valence-electron chi connectivity index (χ0n) is 16.1. The molecule has 9 aromatic rings. The van der Waals surface area contributed by atoms with E-state index in [0.29, 0.717) is 0 Å². The van der Waals surface area contributed by atoms with Gasteiger partial charge in [0.05, 0.1) is 0 Å². The molecule has 0 aliphatic carbocycles. The minimum absolute atomic E-state index is 1.40. The van der Waals surface area contributed by atoms with E-state index in [4.69, 9.17) is 0 Å². The van der Waals surface area contributed by atoms with Crippen LogP contribution < -0.4 is 0 Å². The molecule has 0 fully saturated rings. The van der Waals surface area contributed by atoms with E-state index in [-0.39, 0.29) is 0 Å². The monoisotopic (exact) mass is 374 g/mol. The predicted octanol–water partition coefficient (Wildman–Crippen LogP) is 8.66. The molecule has 0 heteroatoms. The second-order valence-corrected chi connectivity index (χ2v) is 8.82. The van der Waals surface area contributed by atoms with Crippen LogP contribution in [0.15, 0.2) is 84.9 Å². The number of benzene rings is 5. The molecule has 0 heterocycles. The van der Waals surface area contributed by atoms with Gasteiger partial charge in [0, 0.05) is 0 Å². The van der Waals surface area contributed by atoms with E-state index in [2.05, 4.69) is 84.9 Å². The van der Waals surface area contributed by atoms with Crippen molar-refractivity contribution in [2.75, 3.05) is 0 Å². The summed E-state index contributed by atoms with van der Waals surface area (Å²) in [5.41, 5.74) is 0. The highest BCUT2D eigenvalue weighted by Crippen LogP contribution is 2.54. The third-order valence-corrected chi connectivity index (χ3v) is 7.67. The van der Waals surface area contributed by atoms with Gasteiger partial charge in [0.15, 0.2) is 0 Å². The lowest BCUT2D eigenvalue weighted by Gasteiger charge is -2.25. The van der Waals surface area contributed by atoms with Crippen LogP contribution in [0.4, 0.5) is 0 Å². The van der Waals surface area contributed by atoms with Gasteiger partial charge in [-0.2, -0.15) is 0 Å². The van der Waals surface area contributed by atoms with Crippen molar-refractivity contribution in [3.05, 3.63) is 84.9 Å². The topological polar surface area (TPSA) is 0 Å². The van der Waals surface area contributed by atoms with Crippen LogP contribution in [-0.2, 0) is 0 Å². The SMILES string of the molecule is c1ccc2c(c1)c1ccc3c4ccc5c6ccc7c8ccccc8c7c6c5c4c3c21. The highest BCUT2D eigenvalue weighted by molar-refractivity contribution is 6.53. The van der Waals surface area contributed by atoms with Gasteiger partial charge in [-0.25, -0.2) is 0 Å². The molecule has 9 rings (SSSR count). The zero-order valence-corrected chi connectivity index (χ0v) is 16.1. The fourth-order valence-electron chi connectivity index (χ4n) is 6.37. The molecule has 0 saturated carbocycles. The van der Waals surface area contributed by atoms with Crippen LogP contribution >= 0.6 is 0 Å². The third-order valence-electron chi connectivity index (χ3n) is 7.67. The Hall–Kier alpha value is -3.90. The Bertz CT molecular complexity index is 1910.